The Balaban J connectivity index is 0.00000119. The lowest BCUT2D eigenvalue weighted by atomic mass is 10.0. The van der Waals surface area contributed by atoms with Crippen LogP contribution < -0.4 is 10.2 Å². The van der Waals surface area contributed by atoms with Crippen LogP contribution in [0.3, 0.4) is 0 Å². The molecule has 1 aliphatic heterocycles. The van der Waals surface area contributed by atoms with Gasteiger partial charge in [-0.1, -0.05) is 13.8 Å². The van der Waals surface area contributed by atoms with Crippen molar-refractivity contribution in [1.29, 1.82) is 0 Å². The third kappa shape index (κ3) is 4.33. The van der Waals surface area contributed by atoms with Gasteiger partial charge < -0.3 is 10.2 Å². The first kappa shape index (κ1) is 21.9. The Morgan fingerprint density at radius 3 is 2.50 bits per heavy atom. The lowest BCUT2D eigenvalue weighted by Crippen LogP contribution is -2.36. The molecule has 0 radical (unpaired) electrons. The van der Waals surface area contributed by atoms with E-state index >= 15 is 0 Å². The maximum Gasteiger partial charge on any atom is 0.252 e. The number of amides is 1. The number of fused-ring (bicyclic) bond motifs is 1. The van der Waals surface area contributed by atoms with Crippen molar-refractivity contribution in [2.45, 2.75) is 52.0 Å². The number of pyridine rings is 1. The van der Waals surface area contributed by atoms with E-state index in [1.807, 2.05) is 32.9 Å². The highest BCUT2D eigenvalue weighted by Gasteiger charge is 2.47. The van der Waals surface area contributed by atoms with E-state index in [1.165, 1.54) is 24.3 Å². The highest BCUT2D eigenvalue weighted by atomic mass is 19.1. The molecule has 2 aromatic heterocycles. The van der Waals surface area contributed by atoms with Gasteiger partial charge in [0, 0.05) is 18.3 Å². The Hall–Kier alpha value is -3.35. The molecule has 6 nitrogen and oxygen atoms in total. The van der Waals surface area contributed by atoms with Crippen molar-refractivity contribution >= 4 is 17.4 Å². The number of hydrogen-bond acceptors (Lipinski definition) is 5. The van der Waals surface area contributed by atoms with E-state index in [0.29, 0.717) is 5.56 Å². The first-order chi connectivity index (χ1) is 15.5. The smallest absolute Gasteiger partial charge is 0.252 e. The van der Waals surface area contributed by atoms with E-state index in [2.05, 4.69) is 26.3 Å². The van der Waals surface area contributed by atoms with Crippen LogP contribution in [0.4, 0.5) is 15.9 Å². The zero-order valence-electron chi connectivity index (χ0n) is 18.7. The van der Waals surface area contributed by atoms with Gasteiger partial charge in [0.25, 0.3) is 5.91 Å². The number of aromatic nitrogens is 3. The summed E-state index contributed by atoms with van der Waals surface area (Å²) in [6.45, 7) is 6.77. The van der Waals surface area contributed by atoms with Gasteiger partial charge in [-0.25, -0.2) is 14.4 Å². The minimum absolute atomic E-state index is 0.204. The first-order valence-electron chi connectivity index (χ1n) is 11.2. The number of nitrogens with zero attached hydrogens (tertiary/aromatic N) is 4. The molecule has 3 aromatic rings. The van der Waals surface area contributed by atoms with Gasteiger partial charge in [0.1, 0.15) is 17.5 Å². The fourth-order valence-electron chi connectivity index (χ4n) is 4.01. The fraction of sp³-hybridized carbons (Fsp3) is 0.360. The third-order valence-electron chi connectivity index (χ3n) is 5.77. The molecule has 32 heavy (non-hydrogen) atoms. The van der Waals surface area contributed by atoms with Gasteiger partial charge in [0.15, 0.2) is 0 Å². The molecule has 1 fully saturated rings. The van der Waals surface area contributed by atoms with Gasteiger partial charge >= 0.3 is 0 Å². The summed E-state index contributed by atoms with van der Waals surface area (Å²) in [5, 5.41) is 3.12. The van der Waals surface area contributed by atoms with Crippen molar-refractivity contribution < 1.29 is 9.18 Å². The van der Waals surface area contributed by atoms with E-state index in [9.17, 15) is 9.18 Å². The number of carbonyl (C=O) groups is 1. The number of benzene rings is 1. The molecule has 0 atom stereocenters. The monoisotopic (exact) mass is 433 g/mol. The predicted molar refractivity (Wildman–Crippen MR) is 122 cm³/mol. The molecule has 166 valence electrons. The van der Waals surface area contributed by atoms with Crippen LogP contribution in [0.5, 0.6) is 0 Å². The SMILES string of the molecule is CC.Cc1nccc(N2CCCc3nc(C4(NC(=O)c5ccc(F)cc5)CC4)ccc32)n1. The van der Waals surface area contributed by atoms with Crippen LogP contribution in [0.15, 0.2) is 48.7 Å². The van der Waals surface area contributed by atoms with Crippen LogP contribution in [0.25, 0.3) is 0 Å². The van der Waals surface area contributed by atoms with Crippen molar-refractivity contribution in [3.63, 3.8) is 0 Å². The molecular weight excluding hydrogens is 405 g/mol. The van der Waals surface area contributed by atoms with Gasteiger partial charge in [-0.05, 0) is 75.1 Å². The summed E-state index contributed by atoms with van der Waals surface area (Å²) < 4.78 is 13.1. The zero-order valence-corrected chi connectivity index (χ0v) is 18.7. The molecule has 5 rings (SSSR count). The number of halogens is 1. The van der Waals surface area contributed by atoms with E-state index < -0.39 is 5.54 Å². The molecule has 0 unspecified atom stereocenters. The van der Waals surface area contributed by atoms with Crippen molar-refractivity contribution in [2.75, 3.05) is 11.4 Å². The molecule has 1 amide bonds. The Morgan fingerprint density at radius 1 is 1.06 bits per heavy atom. The number of hydrogen-bond donors (Lipinski definition) is 1. The summed E-state index contributed by atoms with van der Waals surface area (Å²) in [6, 6.07) is 11.6. The molecule has 1 aliphatic carbocycles. The summed E-state index contributed by atoms with van der Waals surface area (Å²) in [6.07, 6.45) is 5.35. The topological polar surface area (TPSA) is 71.0 Å². The summed E-state index contributed by atoms with van der Waals surface area (Å²) in [5.74, 6) is 1.06. The molecule has 0 spiro atoms. The molecule has 2 aliphatic rings. The molecule has 1 N–H and O–H groups in total. The molecule has 7 heteroatoms. The van der Waals surface area contributed by atoms with Crippen LogP contribution in [0, 0.1) is 12.7 Å². The van der Waals surface area contributed by atoms with Crippen LogP contribution in [0.1, 0.15) is 60.7 Å². The van der Waals surface area contributed by atoms with E-state index in [0.717, 1.165) is 60.9 Å². The average Bonchev–Trinajstić information content (AvgIpc) is 3.60. The molecule has 0 saturated heterocycles. The van der Waals surface area contributed by atoms with Gasteiger partial charge in [0.05, 0.1) is 22.6 Å². The second-order valence-electron chi connectivity index (χ2n) is 7.92. The zero-order chi connectivity index (χ0) is 22.7. The lowest BCUT2D eigenvalue weighted by Gasteiger charge is -2.30. The summed E-state index contributed by atoms with van der Waals surface area (Å²) in [5.41, 5.74) is 2.98. The number of nitrogens with one attached hydrogen (secondary N) is 1. The maximum absolute atomic E-state index is 13.1. The van der Waals surface area contributed by atoms with Crippen molar-refractivity contribution in [3.8, 4) is 0 Å². The second kappa shape index (κ2) is 9.02. The number of anilines is 2. The summed E-state index contributed by atoms with van der Waals surface area (Å²) in [7, 11) is 0. The molecule has 3 heterocycles. The van der Waals surface area contributed by atoms with Crippen molar-refractivity contribution in [3.05, 3.63) is 77.3 Å². The Labute approximate surface area is 187 Å². The average molecular weight is 434 g/mol. The molecule has 1 saturated carbocycles. The van der Waals surface area contributed by atoms with E-state index in [4.69, 9.17) is 4.98 Å². The normalized spacial score (nSPS) is 15.8. The van der Waals surface area contributed by atoms with Gasteiger partial charge in [-0.2, -0.15) is 0 Å². The number of carbonyl (C=O) groups excluding carboxylic acids is 1. The van der Waals surface area contributed by atoms with Crippen LogP contribution in [0.2, 0.25) is 0 Å². The van der Waals surface area contributed by atoms with Gasteiger partial charge in [-0.15, -0.1) is 0 Å². The highest BCUT2D eigenvalue weighted by molar-refractivity contribution is 5.95. The van der Waals surface area contributed by atoms with E-state index in [1.54, 1.807) is 6.20 Å². The predicted octanol–water partition coefficient (Wildman–Crippen LogP) is 4.85. The molecular formula is C25H28FN5O. The molecule has 0 bridgehead atoms. The van der Waals surface area contributed by atoms with E-state index in [-0.39, 0.29) is 11.7 Å². The largest absolute Gasteiger partial charge is 0.341 e. The summed E-state index contributed by atoms with van der Waals surface area (Å²) in [4.78, 5) is 28.5. The Bertz CT molecular complexity index is 1110. The summed E-state index contributed by atoms with van der Waals surface area (Å²) >= 11 is 0. The minimum atomic E-state index is -0.436. The van der Waals surface area contributed by atoms with Crippen molar-refractivity contribution in [2.24, 2.45) is 0 Å². The maximum atomic E-state index is 13.1. The van der Waals surface area contributed by atoms with Crippen LogP contribution in [-0.2, 0) is 12.0 Å². The van der Waals surface area contributed by atoms with Crippen LogP contribution >= 0.6 is 0 Å². The van der Waals surface area contributed by atoms with Gasteiger partial charge in [0.2, 0.25) is 0 Å². The van der Waals surface area contributed by atoms with Gasteiger partial charge in [-0.3, -0.25) is 9.78 Å². The Morgan fingerprint density at radius 2 is 1.81 bits per heavy atom. The number of rotatable bonds is 4. The minimum Gasteiger partial charge on any atom is -0.341 e. The molecule has 1 aromatic carbocycles. The fourth-order valence-corrected chi connectivity index (χ4v) is 4.01. The third-order valence-corrected chi connectivity index (χ3v) is 5.77. The Kier molecular flexibility index (Phi) is 6.17. The standard InChI is InChI=1S/C23H22FN5O.C2H6/c1-15-25-13-10-21(26-15)29-14-2-3-18-19(29)8-9-20(27-18)23(11-12-23)28-22(30)16-4-6-17(24)7-5-16;1-2/h4-10,13H,2-3,11-12,14H2,1H3,(H,28,30);1-2H3. The number of aryl methyl sites for hydroxylation is 2. The highest BCUT2D eigenvalue weighted by Crippen LogP contribution is 2.46. The lowest BCUT2D eigenvalue weighted by molar-refractivity contribution is 0.0929. The van der Waals surface area contributed by atoms with Crippen LogP contribution in [-0.4, -0.2) is 27.4 Å². The quantitative estimate of drug-likeness (QED) is 0.637. The van der Waals surface area contributed by atoms with Crippen molar-refractivity contribution in [1.82, 2.24) is 20.3 Å². The second-order valence-corrected chi connectivity index (χ2v) is 7.92. The first-order valence-corrected chi connectivity index (χ1v) is 11.2.